The minimum absolute atomic E-state index is 0.858. The highest BCUT2D eigenvalue weighted by molar-refractivity contribution is 7.80. The van der Waals surface area contributed by atoms with E-state index in [2.05, 4.69) is 41.5 Å². The lowest BCUT2D eigenvalue weighted by Gasteiger charge is -2.07. The minimum Gasteiger partial charge on any atom is -0.236 e. The molecule has 0 saturated carbocycles. The van der Waals surface area contributed by atoms with Gasteiger partial charge in [-0.05, 0) is 30.9 Å². The summed E-state index contributed by atoms with van der Waals surface area (Å²) in [4.78, 5) is 4.70. The Hall–Kier alpha value is -2.59. The van der Waals surface area contributed by atoms with Crippen molar-refractivity contribution < 1.29 is 0 Å². The molecule has 0 spiro atoms. The number of thiol groups is 1. The Bertz CT molecular complexity index is 1010. The summed E-state index contributed by atoms with van der Waals surface area (Å²) < 4.78 is 1.86. The second-order valence-corrected chi connectivity index (χ2v) is 6.58. The van der Waals surface area contributed by atoms with Gasteiger partial charge in [0, 0.05) is 17.3 Å². The average molecular weight is 345 g/mol. The Labute approximate surface area is 152 Å². The van der Waals surface area contributed by atoms with Crippen molar-refractivity contribution in [2.24, 2.45) is 0 Å². The van der Waals surface area contributed by atoms with E-state index in [9.17, 15) is 0 Å². The number of aryl methyl sites for hydroxylation is 3. The number of hydrogen-bond donors (Lipinski definition) is 1. The van der Waals surface area contributed by atoms with Gasteiger partial charge >= 0.3 is 0 Å². The van der Waals surface area contributed by atoms with Crippen molar-refractivity contribution in [2.45, 2.75) is 24.8 Å². The van der Waals surface area contributed by atoms with E-state index < -0.39 is 0 Å². The van der Waals surface area contributed by atoms with Gasteiger partial charge in [0.25, 0.3) is 0 Å². The largest absolute Gasteiger partial charge is 0.236 e. The zero-order valence-corrected chi connectivity index (χ0v) is 14.9. The van der Waals surface area contributed by atoms with Crippen LogP contribution < -0.4 is 0 Å². The lowest BCUT2D eigenvalue weighted by Crippen LogP contribution is -2.01. The minimum atomic E-state index is 0.858. The molecule has 4 rings (SSSR count). The van der Waals surface area contributed by atoms with Crippen LogP contribution in [-0.2, 0) is 12.8 Å². The second kappa shape index (κ2) is 6.73. The summed E-state index contributed by atoms with van der Waals surface area (Å²) in [6, 6.07) is 20.7. The van der Waals surface area contributed by atoms with Crippen molar-refractivity contribution in [3.8, 4) is 11.1 Å². The van der Waals surface area contributed by atoms with E-state index in [0.29, 0.717) is 0 Å². The van der Waals surface area contributed by atoms with Crippen LogP contribution in [0.5, 0.6) is 0 Å². The maximum Gasteiger partial charge on any atom is 0.164 e. The van der Waals surface area contributed by atoms with Crippen molar-refractivity contribution in [1.82, 2.24) is 14.6 Å². The third-order valence-electron chi connectivity index (χ3n) is 4.45. The maximum absolute atomic E-state index is 4.74. The molecule has 2 aromatic carbocycles. The molecule has 0 unspecified atom stereocenters. The van der Waals surface area contributed by atoms with Gasteiger partial charge < -0.3 is 0 Å². The molecule has 124 valence electrons. The molecule has 0 atom stereocenters. The van der Waals surface area contributed by atoms with E-state index in [1.54, 1.807) is 0 Å². The van der Waals surface area contributed by atoms with Crippen LogP contribution in [0.1, 0.15) is 16.8 Å². The van der Waals surface area contributed by atoms with Crippen molar-refractivity contribution >= 4 is 18.3 Å². The fraction of sp³-hybridized carbons (Fsp3) is 0.143. The van der Waals surface area contributed by atoms with Gasteiger partial charge in [-0.1, -0.05) is 60.7 Å². The zero-order valence-electron chi connectivity index (χ0n) is 14.1. The molecule has 0 aliphatic rings. The van der Waals surface area contributed by atoms with Crippen LogP contribution in [0.25, 0.3) is 16.8 Å². The zero-order chi connectivity index (χ0) is 17.2. The molecule has 0 amide bonds. The average Bonchev–Trinajstić information content (AvgIpc) is 3.00. The van der Waals surface area contributed by atoms with E-state index in [-0.39, 0.29) is 0 Å². The summed E-state index contributed by atoms with van der Waals surface area (Å²) >= 11 is 4.74. The van der Waals surface area contributed by atoms with Crippen LogP contribution in [-0.4, -0.2) is 14.6 Å². The van der Waals surface area contributed by atoms with Crippen molar-refractivity contribution in [3.05, 3.63) is 83.7 Å². The normalized spacial score (nSPS) is 11.1. The molecule has 2 heterocycles. The second-order valence-electron chi connectivity index (χ2n) is 6.15. The Kier molecular flexibility index (Phi) is 4.28. The third kappa shape index (κ3) is 3.05. The molecule has 0 N–H and O–H groups in total. The van der Waals surface area contributed by atoms with E-state index in [0.717, 1.165) is 45.9 Å². The van der Waals surface area contributed by atoms with Crippen LogP contribution >= 0.6 is 12.6 Å². The summed E-state index contributed by atoms with van der Waals surface area (Å²) in [6.45, 7) is 2.02. The fourth-order valence-corrected chi connectivity index (χ4v) is 3.47. The van der Waals surface area contributed by atoms with E-state index in [4.69, 9.17) is 17.6 Å². The third-order valence-corrected chi connectivity index (χ3v) is 4.93. The van der Waals surface area contributed by atoms with Crippen LogP contribution in [0.3, 0.4) is 0 Å². The monoisotopic (exact) mass is 345 g/mol. The molecular formula is C21H19N3S. The number of nitrogens with zero attached hydrogens (tertiary/aromatic N) is 3. The maximum atomic E-state index is 4.74. The molecule has 4 aromatic rings. The van der Waals surface area contributed by atoms with Gasteiger partial charge in [-0.2, -0.15) is 5.10 Å². The van der Waals surface area contributed by atoms with Gasteiger partial charge in [-0.15, -0.1) is 12.6 Å². The molecule has 4 heteroatoms. The van der Waals surface area contributed by atoms with E-state index >= 15 is 0 Å². The molecule has 0 fully saturated rings. The predicted octanol–water partition coefficient (Wildman–Crippen LogP) is 4.78. The molecule has 0 bridgehead atoms. The molecule has 2 aromatic heterocycles. The number of benzene rings is 2. The highest BCUT2D eigenvalue weighted by Crippen LogP contribution is 2.29. The first-order chi connectivity index (χ1) is 12.2. The molecule has 0 aliphatic heterocycles. The lowest BCUT2D eigenvalue weighted by atomic mass is 10.1. The first kappa shape index (κ1) is 15.9. The van der Waals surface area contributed by atoms with Crippen molar-refractivity contribution in [2.75, 3.05) is 0 Å². The molecule has 25 heavy (non-hydrogen) atoms. The molecular weight excluding hydrogens is 326 g/mol. The molecule has 3 nitrogen and oxygen atoms in total. The van der Waals surface area contributed by atoms with Crippen LogP contribution in [0.2, 0.25) is 0 Å². The summed E-state index contributed by atoms with van der Waals surface area (Å²) in [5, 5.41) is 5.55. The molecule has 0 aliphatic carbocycles. The van der Waals surface area contributed by atoms with Crippen molar-refractivity contribution in [1.29, 1.82) is 0 Å². The van der Waals surface area contributed by atoms with Crippen molar-refractivity contribution in [3.63, 3.8) is 0 Å². The first-order valence-electron chi connectivity index (χ1n) is 8.39. The summed E-state index contributed by atoms with van der Waals surface area (Å²) in [6.07, 6.45) is 3.80. The quantitative estimate of drug-likeness (QED) is 0.426. The molecule has 0 radical (unpaired) electrons. The lowest BCUT2D eigenvalue weighted by molar-refractivity contribution is 0.785. The molecule has 0 saturated heterocycles. The van der Waals surface area contributed by atoms with Gasteiger partial charge in [0.05, 0.1) is 5.69 Å². The highest BCUT2D eigenvalue weighted by Gasteiger charge is 2.16. The summed E-state index contributed by atoms with van der Waals surface area (Å²) in [5.41, 5.74) is 6.46. The summed E-state index contributed by atoms with van der Waals surface area (Å²) in [7, 11) is 0. The standard InChI is InChI=1S/C21H19N3S/c1-15-19(17-10-6-3-7-11-17)20-22-14-18(21(25)24(20)23-15)13-12-16-8-4-2-5-9-16/h2-11,14,25H,12-13H2,1H3. The van der Waals surface area contributed by atoms with Crippen LogP contribution in [0, 0.1) is 6.92 Å². The number of aromatic nitrogens is 3. The van der Waals surface area contributed by atoms with Gasteiger partial charge in [0.1, 0.15) is 5.03 Å². The topological polar surface area (TPSA) is 30.2 Å². The number of rotatable bonds is 4. The summed E-state index contributed by atoms with van der Waals surface area (Å²) in [5.74, 6) is 0. The van der Waals surface area contributed by atoms with E-state index in [1.165, 1.54) is 5.56 Å². The predicted molar refractivity (Wildman–Crippen MR) is 104 cm³/mol. The van der Waals surface area contributed by atoms with Crippen LogP contribution in [0.4, 0.5) is 0 Å². The Morgan fingerprint density at radius 1 is 0.920 bits per heavy atom. The van der Waals surface area contributed by atoms with Gasteiger partial charge in [-0.25, -0.2) is 9.50 Å². The fourth-order valence-electron chi connectivity index (χ4n) is 3.16. The van der Waals surface area contributed by atoms with Gasteiger partial charge in [0.15, 0.2) is 5.65 Å². The highest BCUT2D eigenvalue weighted by atomic mass is 32.1. The van der Waals surface area contributed by atoms with Gasteiger partial charge in [-0.3, -0.25) is 0 Å². The Morgan fingerprint density at radius 2 is 1.60 bits per heavy atom. The van der Waals surface area contributed by atoms with E-state index in [1.807, 2.05) is 41.9 Å². The number of fused-ring (bicyclic) bond motifs is 1. The van der Waals surface area contributed by atoms with Crippen LogP contribution in [0.15, 0.2) is 71.9 Å². The van der Waals surface area contributed by atoms with Gasteiger partial charge in [0.2, 0.25) is 0 Å². The number of hydrogen-bond acceptors (Lipinski definition) is 3. The Morgan fingerprint density at radius 3 is 2.32 bits per heavy atom. The SMILES string of the molecule is Cc1nn2c(S)c(CCc3ccccc3)cnc2c1-c1ccccc1. The Balaban J connectivity index is 1.72. The smallest absolute Gasteiger partial charge is 0.164 e. The first-order valence-corrected chi connectivity index (χ1v) is 8.84.